The molecule has 1 heterocycles. The molecule has 0 unspecified atom stereocenters. The van der Waals surface area contributed by atoms with Crippen molar-refractivity contribution in [1.29, 1.82) is 0 Å². The minimum Gasteiger partial charge on any atom is -0.458 e. The summed E-state index contributed by atoms with van der Waals surface area (Å²) in [5.74, 6) is 0.328. The molecule has 0 fully saturated rings. The van der Waals surface area contributed by atoms with Gasteiger partial charge < -0.3 is 9.26 Å². The van der Waals surface area contributed by atoms with Gasteiger partial charge in [-0.15, -0.1) is 0 Å². The number of aromatic nitrogens is 1. The second-order valence-electron chi connectivity index (χ2n) is 3.83. The average molecular weight is 223 g/mol. The van der Waals surface area contributed by atoms with Gasteiger partial charge in [0.25, 0.3) is 0 Å². The van der Waals surface area contributed by atoms with Gasteiger partial charge in [0.1, 0.15) is 12.2 Å². The Morgan fingerprint density at radius 3 is 2.81 bits per heavy atom. The Hall–Kier alpha value is -1.58. The molecule has 0 aliphatic heterocycles. The number of hydrogen-bond donors (Lipinski definition) is 0. The van der Waals surface area contributed by atoms with Crippen molar-refractivity contribution in [1.82, 2.24) is 5.16 Å². The monoisotopic (exact) mass is 223 g/mol. The summed E-state index contributed by atoms with van der Waals surface area (Å²) in [6, 6.07) is 0. The molecule has 0 saturated heterocycles. The molecule has 0 aliphatic rings. The zero-order valence-electron chi connectivity index (χ0n) is 10.1. The Labute approximate surface area is 95.3 Å². The van der Waals surface area contributed by atoms with Crippen LogP contribution in [0.1, 0.15) is 48.5 Å². The quantitative estimate of drug-likeness (QED) is 0.581. The van der Waals surface area contributed by atoms with E-state index in [2.05, 4.69) is 5.16 Å². The lowest BCUT2D eigenvalue weighted by Crippen LogP contribution is -2.09. The maximum atomic E-state index is 11.8. The summed E-state index contributed by atoms with van der Waals surface area (Å²) >= 11 is 0. The van der Waals surface area contributed by atoms with Gasteiger partial charge in [-0.3, -0.25) is 0 Å². The molecule has 4 heteroatoms. The summed E-state index contributed by atoms with van der Waals surface area (Å²) in [5.41, 5.74) is 1.04. The lowest BCUT2D eigenvalue weighted by molar-refractivity contribution is 0.0545. The molecule has 1 aromatic rings. The number of esters is 1. The van der Waals surface area contributed by atoms with Crippen LogP contribution in [0.4, 0.5) is 0 Å². The van der Waals surface area contributed by atoms with Gasteiger partial charge in [-0.05, 0) is 13.8 Å². The number of nitrogens with zero attached hydrogens (tertiary/aromatic N) is 1. The molecule has 0 bridgehead atoms. The summed E-state index contributed by atoms with van der Waals surface area (Å²) in [4.78, 5) is 11.8. The fraction of sp³-hybridized carbons (Fsp3) is 0.500. The molecule has 0 N–H and O–H groups in total. The highest BCUT2D eigenvalue weighted by Gasteiger charge is 2.23. The van der Waals surface area contributed by atoms with Gasteiger partial charge in [0.05, 0.1) is 5.69 Å². The molecule has 0 amide bonds. The van der Waals surface area contributed by atoms with Crippen molar-refractivity contribution in [2.24, 2.45) is 0 Å². The molecule has 88 valence electrons. The SMILES string of the molecule is C/C=C/COC(=O)c1c(C)noc1C(C)C. The van der Waals surface area contributed by atoms with Crippen molar-refractivity contribution < 1.29 is 14.1 Å². The Morgan fingerprint density at radius 1 is 1.56 bits per heavy atom. The molecule has 0 atom stereocenters. The van der Waals surface area contributed by atoms with Crippen LogP contribution in [0.2, 0.25) is 0 Å². The minimum atomic E-state index is -0.374. The van der Waals surface area contributed by atoms with E-state index in [0.717, 1.165) is 0 Å². The van der Waals surface area contributed by atoms with E-state index in [0.29, 0.717) is 17.0 Å². The topological polar surface area (TPSA) is 52.3 Å². The van der Waals surface area contributed by atoms with E-state index < -0.39 is 0 Å². The standard InChI is InChI=1S/C12H17NO3/c1-5-6-7-15-12(14)10-9(4)13-16-11(10)8(2)3/h5-6,8H,7H2,1-4H3/b6-5+. The Morgan fingerprint density at radius 2 is 2.25 bits per heavy atom. The van der Waals surface area contributed by atoms with Crippen LogP contribution in [0.5, 0.6) is 0 Å². The van der Waals surface area contributed by atoms with E-state index in [9.17, 15) is 4.79 Å². The Balaban J connectivity index is 2.85. The van der Waals surface area contributed by atoms with E-state index in [1.165, 1.54) is 0 Å². The molecule has 0 saturated carbocycles. The van der Waals surface area contributed by atoms with Gasteiger partial charge in [0.15, 0.2) is 5.76 Å². The number of carbonyl (C=O) groups excluding carboxylic acids is 1. The molecular weight excluding hydrogens is 206 g/mol. The second-order valence-corrected chi connectivity index (χ2v) is 3.83. The molecular formula is C12H17NO3. The number of aryl methyl sites for hydroxylation is 1. The largest absolute Gasteiger partial charge is 0.458 e. The average Bonchev–Trinajstić information content (AvgIpc) is 2.60. The van der Waals surface area contributed by atoms with Crippen LogP contribution in [-0.4, -0.2) is 17.7 Å². The molecule has 16 heavy (non-hydrogen) atoms. The van der Waals surface area contributed by atoms with Gasteiger partial charge in [0.2, 0.25) is 0 Å². The van der Waals surface area contributed by atoms with Crippen molar-refractivity contribution in [3.8, 4) is 0 Å². The number of allylic oxidation sites excluding steroid dienone is 1. The Kier molecular flexibility index (Phi) is 4.28. The van der Waals surface area contributed by atoms with Crippen molar-refractivity contribution in [3.05, 3.63) is 29.2 Å². The number of hydrogen-bond acceptors (Lipinski definition) is 4. The maximum Gasteiger partial charge on any atom is 0.344 e. The summed E-state index contributed by atoms with van der Waals surface area (Å²) in [7, 11) is 0. The van der Waals surface area contributed by atoms with Crippen LogP contribution in [0.3, 0.4) is 0 Å². The predicted molar refractivity (Wildman–Crippen MR) is 60.4 cm³/mol. The maximum absolute atomic E-state index is 11.8. The number of ether oxygens (including phenoxy) is 1. The van der Waals surface area contributed by atoms with Gasteiger partial charge in [-0.25, -0.2) is 4.79 Å². The van der Waals surface area contributed by atoms with Gasteiger partial charge in [-0.2, -0.15) is 0 Å². The molecule has 0 aromatic carbocycles. The first kappa shape index (κ1) is 12.5. The van der Waals surface area contributed by atoms with Gasteiger partial charge in [-0.1, -0.05) is 31.2 Å². The third-order valence-corrected chi connectivity index (χ3v) is 2.16. The van der Waals surface area contributed by atoms with Crippen molar-refractivity contribution in [2.75, 3.05) is 6.61 Å². The normalized spacial score (nSPS) is 11.3. The zero-order valence-corrected chi connectivity index (χ0v) is 10.1. The lowest BCUT2D eigenvalue weighted by atomic mass is 10.1. The molecule has 0 spiro atoms. The molecule has 0 aliphatic carbocycles. The number of carbonyl (C=O) groups is 1. The van der Waals surface area contributed by atoms with E-state index >= 15 is 0 Å². The predicted octanol–water partition coefficient (Wildman–Crippen LogP) is 2.84. The highest BCUT2D eigenvalue weighted by atomic mass is 16.5. The zero-order chi connectivity index (χ0) is 12.1. The third kappa shape index (κ3) is 2.72. The summed E-state index contributed by atoms with van der Waals surface area (Å²) < 4.78 is 10.2. The van der Waals surface area contributed by atoms with Crippen molar-refractivity contribution in [2.45, 2.75) is 33.6 Å². The van der Waals surface area contributed by atoms with Crippen molar-refractivity contribution >= 4 is 5.97 Å². The fourth-order valence-electron chi connectivity index (χ4n) is 1.32. The van der Waals surface area contributed by atoms with E-state index in [4.69, 9.17) is 9.26 Å². The minimum absolute atomic E-state index is 0.116. The van der Waals surface area contributed by atoms with Crippen LogP contribution < -0.4 is 0 Å². The fourth-order valence-corrected chi connectivity index (χ4v) is 1.32. The van der Waals surface area contributed by atoms with Crippen LogP contribution in [0.25, 0.3) is 0 Å². The van der Waals surface area contributed by atoms with Gasteiger partial charge in [0, 0.05) is 5.92 Å². The molecule has 4 nitrogen and oxygen atoms in total. The lowest BCUT2D eigenvalue weighted by Gasteiger charge is -2.04. The summed E-state index contributed by atoms with van der Waals surface area (Å²) in [5, 5.41) is 3.79. The van der Waals surface area contributed by atoms with Crippen LogP contribution in [0, 0.1) is 6.92 Å². The second kappa shape index (κ2) is 5.49. The molecule has 1 rings (SSSR count). The smallest absolute Gasteiger partial charge is 0.344 e. The van der Waals surface area contributed by atoms with Crippen LogP contribution in [0.15, 0.2) is 16.7 Å². The van der Waals surface area contributed by atoms with E-state index in [-0.39, 0.29) is 18.5 Å². The molecule has 1 aromatic heterocycles. The summed E-state index contributed by atoms with van der Waals surface area (Å²) in [6.07, 6.45) is 3.60. The first-order valence-corrected chi connectivity index (χ1v) is 5.32. The van der Waals surface area contributed by atoms with Crippen LogP contribution in [-0.2, 0) is 4.74 Å². The van der Waals surface area contributed by atoms with Crippen LogP contribution >= 0.6 is 0 Å². The first-order chi connectivity index (χ1) is 7.57. The Bertz CT molecular complexity index is 391. The summed E-state index contributed by atoms with van der Waals surface area (Å²) in [6.45, 7) is 7.78. The third-order valence-electron chi connectivity index (χ3n) is 2.16. The molecule has 0 radical (unpaired) electrons. The van der Waals surface area contributed by atoms with Crippen molar-refractivity contribution in [3.63, 3.8) is 0 Å². The highest BCUT2D eigenvalue weighted by molar-refractivity contribution is 5.91. The number of rotatable bonds is 4. The highest BCUT2D eigenvalue weighted by Crippen LogP contribution is 2.22. The van der Waals surface area contributed by atoms with E-state index in [1.807, 2.05) is 26.8 Å². The van der Waals surface area contributed by atoms with Gasteiger partial charge >= 0.3 is 5.97 Å². The first-order valence-electron chi connectivity index (χ1n) is 5.32. The van der Waals surface area contributed by atoms with E-state index in [1.54, 1.807) is 13.0 Å².